The molecule has 0 spiro atoms. The molecule has 106 valence electrons. The maximum absolute atomic E-state index is 11.1. The normalized spacial score (nSPS) is 14.4. The van der Waals surface area contributed by atoms with Crippen LogP contribution in [0.15, 0.2) is 18.2 Å². The fraction of sp³-hybridized carbons (Fsp3) is 0.562. The van der Waals surface area contributed by atoms with Gasteiger partial charge in [-0.2, -0.15) is 0 Å². The van der Waals surface area contributed by atoms with Crippen LogP contribution < -0.4 is 0 Å². The Morgan fingerprint density at radius 2 is 1.74 bits per heavy atom. The molecule has 2 unspecified atom stereocenters. The van der Waals surface area contributed by atoms with Crippen LogP contribution in [-0.4, -0.2) is 28.6 Å². The van der Waals surface area contributed by atoms with E-state index in [0.717, 1.165) is 6.42 Å². The van der Waals surface area contributed by atoms with E-state index in [1.54, 1.807) is 0 Å². The number of carbonyl (C=O) groups is 1. The van der Waals surface area contributed by atoms with E-state index in [0.29, 0.717) is 0 Å². The summed E-state index contributed by atoms with van der Waals surface area (Å²) in [5.74, 6) is -0.767. The van der Waals surface area contributed by atoms with Crippen LogP contribution in [0.4, 0.5) is 0 Å². The summed E-state index contributed by atoms with van der Waals surface area (Å²) >= 11 is 0. The molecule has 0 aliphatic rings. The molecule has 1 aromatic rings. The molecule has 0 bridgehead atoms. The summed E-state index contributed by atoms with van der Waals surface area (Å²) in [6, 6.07) is 6.81. The number of rotatable bonds is 6. The summed E-state index contributed by atoms with van der Waals surface area (Å²) in [6.07, 6.45) is 0.947. The highest BCUT2D eigenvalue weighted by atomic mass is 16.4. The summed E-state index contributed by atoms with van der Waals surface area (Å²) in [5, 5.41) is 9.09. The van der Waals surface area contributed by atoms with Crippen LogP contribution in [0.1, 0.15) is 49.9 Å². The molecule has 1 aromatic carbocycles. The van der Waals surface area contributed by atoms with Crippen LogP contribution >= 0.6 is 0 Å². The first-order chi connectivity index (χ1) is 8.85. The molecule has 0 aliphatic carbocycles. The van der Waals surface area contributed by atoms with Gasteiger partial charge >= 0.3 is 5.97 Å². The van der Waals surface area contributed by atoms with Crippen molar-refractivity contribution in [1.82, 2.24) is 4.90 Å². The average molecular weight is 263 g/mol. The van der Waals surface area contributed by atoms with Gasteiger partial charge in [-0.05, 0) is 39.7 Å². The Labute approximate surface area is 116 Å². The quantitative estimate of drug-likeness (QED) is 0.853. The van der Waals surface area contributed by atoms with Crippen LogP contribution in [0.3, 0.4) is 0 Å². The van der Waals surface area contributed by atoms with Gasteiger partial charge in [-0.15, -0.1) is 0 Å². The molecule has 0 amide bonds. The van der Waals surface area contributed by atoms with Crippen LogP contribution in [0, 0.1) is 13.8 Å². The van der Waals surface area contributed by atoms with Crippen molar-refractivity contribution in [3.05, 3.63) is 34.9 Å². The van der Waals surface area contributed by atoms with E-state index in [1.165, 1.54) is 16.7 Å². The minimum atomic E-state index is -0.767. The van der Waals surface area contributed by atoms with Gasteiger partial charge in [0.1, 0.15) is 0 Å². The largest absolute Gasteiger partial charge is 0.480 e. The van der Waals surface area contributed by atoms with Gasteiger partial charge in [-0.25, -0.2) is 0 Å². The predicted octanol–water partition coefficient (Wildman–Crippen LogP) is 3.55. The number of carboxylic acid groups (broad SMARTS) is 1. The Morgan fingerprint density at radius 3 is 2.16 bits per heavy atom. The Kier molecular flexibility index (Phi) is 5.55. The molecule has 0 aromatic heterocycles. The molecule has 3 heteroatoms. The molecular formula is C16H25NO2. The topological polar surface area (TPSA) is 40.5 Å². The molecule has 0 saturated heterocycles. The summed E-state index contributed by atoms with van der Waals surface area (Å²) in [5.41, 5.74) is 3.64. The van der Waals surface area contributed by atoms with Crippen molar-refractivity contribution in [1.29, 1.82) is 0 Å². The summed E-state index contributed by atoms with van der Waals surface area (Å²) in [6.45, 7) is 10.5. The molecule has 0 aliphatic heterocycles. The molecule has 3 nitrogen and oxygen atoms in total. The lowest BCUT2D eigenvalue weighted by atomic mass is 10.00. The van der Waals surface area contributed by atoms with Crippen molar-refractivity contribution in [3.63, 3.8) is 0 Å². The number of hydrogen-bond donors (Lipinski definition) is 1. The zero-order chi connectivity index (χ0) is 14.6. The fourth-order valence-electron chi connectivity index (χ4n) is 2.51. The fourth-order valence-corrected chi connectivity index (χ4v) is 2.51. The molecule has 0 saturated carbocycles. The van der Waals surface area contributed by atoms with Crippen molar-refractivity contribution in [2.24, 2.45) is 0 Å². The molecule has 19 heavy (non-hydrogen) atoms. The molecule has 1 N–H and O–H groups in total. The molecule has 1 rings (SSSR count). The lowest BCUT2D eigenvalue weighted by molar-refractivity contribution is -0.139. The van der Waals surface area contributed by atoms with E-state index in [1.807, 2.05) is 0 Å². The van der Waals surface area contributed by atoms with Crippen molar-refractivity contribution < 1.29 is 9.90 Å². The number of aliphatic carboxylic acids is 1. The zero-order valence-corrected chi connectivity index (χ0v) is 12.6. The van der Waals surface area contributed by atoms with Crippen molar-refractivity contribution in [2.75, 3.05) is 6.54 Å². The number of hydrogen-bond acceptors (Lipinski definition) is 2. The average Bonchev–Trinajstić information content (AvgIpc) is 2.32. The molecule has 0 heterocycles. The molecule has 0 radical (unpaired) electrons. The monoisotopic (exact) mass is 263 g/mol. The second-order valence-electron chi connectivity index (χ2n) is 5.42. The van der Waals surface area contributed by atoms with E-state index in [2.05, 4.69) is 57.7 Å². The van der Waals surface area contributed by atoms with E-state index in [9.17, 15) is 4.79 Å². The Balaban J connectivity index is 3.03. The van der Waals surface area contributed by atoms with E-state index < -0.39 is 5.97 Å². The minimum absolute atomic E-state index is 0.0865. The third-order valence-corrected chi connectivity index (χ3v) is 3.70. The predicted molar refractivity (Wildman–Crippen MR) is 78.4 cm³/mol. The highest BCUT2D eigenvalue weighted by Crippen LogP contribution is 2.25. The number of aryl methyl sites for hydroxylation is 2. The van der Waals surface area contributed by atoms with Crippen molar-refractivity contribution >= 4 is 5.97 Å². The Morgan fingerprint density at radius 1 is 1.21 bits per heavy atom. The van der Waals surface area contributed by atoms with E-state index >= 15 is 0 Å². The number of nitrogens with zero attached hydrogens (tertiary/aromatic N) is 1. The van der Waals surface area contributed by atoms with Crippen LogP contribution in [0.2, 0.25) is 0 Å². The summed E-state index contributed by atoms with van der Waals surface area (Å²) < 4.78 is 0. The first-order valence-corrected chi connectivity index (χ1v) is 6.90. The van der Waals surface area contributed by atoms with Crippen LogP contribution in [-0.2, 0) is 4.79 Å². The SMILES string of the molecule is CCC(C)N(CC(=O)O)C(C)c1cc(C)cc(C)c1. The van der Waals surface area contributed by atoms with Gasteiger partial charge in [-0.1, -0.05) is 36.2 Å². The number of carboxylic acids is 1. The van der Waals surface area contributed by atoms with Gasteiger partial charge in [0.2, 0.25) is 0 Å². The highest BCUT2D eigenvalue weighted by Gasteiger charge is 2.22. The molecule has 2 atom stereocenters. The third-order valence-electron chi connectivity index (χ3n) is 3.70. The molecular weight excluding hydrogens is 238 g/mol. The highest BCUT2D eigenvalue weighted by molar-refractivity contribution is 5.69. The smallest absolute Gasteiger partial charge is 0.317 e. The van der Waals surface area contributed by atoms with E-state index in [-0.39, 0.29) is 18.6 Å². The number of benzene rings is 1. The van der Waals surface area contributed by atoms with Crippen molar-refractivity contribution in [3.8, 4) is 0 Å². The van der Waals surface area contributed by atoms with E-state index in [4.69, 9.17) is 5.11 Å². The first-order valence-electron chi connectivity index (χ1n) is 6.90. The summed E-state index contributed by atoms with van der Waals surface area (Å²) in [4.78, 5) is 13.1. The van der Waals surface area contributed by atoms with Gasteiger partial charge in [-0.3, -0.25) is 9.69 Å². The second kappa shape index (κ2) is 6.71. The lowest BCUT2D eigenvalue weighted by Crippen LogP contribution is -2.39. The molecule has 0 fully saturated rings. The first kappa shape index (κ1) is 15.7. The van der Waals surface area contributed by atoms with Crippen LogP contribution in [0.25, 0.3) is 0 Å². The van der Waals surface area contributed by atoms with Crippen molar-refractivity contribution in [2.45, 2.75) is 53.1 Å². The maximum atomic E-state index is 11.1. The zero-order valence-electron chi connectivity index (χ0n) is 12.6. The second-order valence-corrected chi connectivity index (χ2v) is 5.42. The van der Waals surface area contributed by atoms with Gasteiger partial charge in [0.15, 0.2) is 0 Å². The van der Waals surface area contributed by atoms with Gasteiger partial charge < -0.3 is 5.11 Å². The Hall–Kier alpha value is -1.35. The third kappa shape index (κ3) is 4.35. The maximum Gasteiger partial charge on any atom is 0.317 e. The van der Waals surface area contributed by atoms with Gasteiger partial charge in [0.05, 0.1) is 6.54 Å². The standard InChI is InChI=1S/C16H25NO2/c1-6-13(4)17(10-16(18)19)14(5)15-8-11(2)7-12(3)9-15/h7-9,13-14H,6,10H2,1-5H3,(H,18,19). The van der Waals surface area contributed by atoms with Gasteiger partial charge in [0, 0.05) is 12.1 Å². The minimum Gasteiger partial charge on any atom is -0.480 e. The lowest BCUT2D eigenvalue weighted by Gasteiger charge is -2.33. The Bertz CT molecular complexity index is 422. The van der Waals surface area contributed by atoms with Gasteiger partial charge in [0.25, 0.3) is 0 Å². The van der Waals surface area contributed by atoms with Crippen LogP contribution in [0.5, 0.6) is 0 Å². The summed E-state index contributed by atoms with van der Waals surface area (Å²) in [7, 11) is 0.